The van der Waals surface area contributed by atoms with Crippen LogP contribution < -0.4 is 0 Å². The monoisotopic (exact) mass is 319 g/mol. The third-order valence-corrected chi connectivity index (χ3v) is 4.10. The Kier molecular flexibility index (Phi) is 6.16. The van der Waals surface area contributed by atoms with E-state index in [4.69, 9.17) is 9.47 Å². The Morgan fingerprint density at radius 2 is 2.22 bits per heavy atom. The number of aryl methyl sites for hydroxylation is 1. The molecule has 5 nitrogen and oxygen atoms in total. The largest absolute Gasteiger partial charge is 0.469 e. The van der Waals surface area contributed by atoms with E-state index in [0.717, 1.165) is 25.0 Å². The molecule has 1 heterocycles. The van der Waals surface area contributed by atoms with Crippen molar-refractivity contribution in [2.75, 3.05) is 26.8 Å². The van der Waals surface area contributed by atoms with Gasteiger partial charge in [0.2, 0.25) is 0 Å². The van der Waals surface area contributed by atoms with E-state index in [1.807, 2.05) is 25.1 Å². The second kappa shape index (κ2) is 8.11. The number of carbonyl (C=O) groups is 2. The number of amides is 1. The molecule has 0 spiro atoms. The number of benzene rings is 1. The Hall–Kier alpha value is -1.88. The molecule has 1 aromatic carbocycles. The van der Waals surface area contributed by atoms with Gasteiger partial charge in [0.05, 0.1) is 19.1 Å². The first kappa shape index (κ1) is 17.5. The summed E-state index contributed by atoms with van der Waals surface area (Å²) < 4.78 is 10.4. The third kappa shape index (κ3) is 4.79. The van der Waals surface area contributed by atoms with Crippen LogP contribution in [0.5, 0.6) is 0 Å². The second-order valence-electron chi connectivity index (χ2n) is 6.14. The van der Waals surface area contributed by atoms with Crippen LogP contribution in [0.15, 0.2) is 24.3 Å². The molecule has 0 aliphatic carbocycles. The van der Waals surface area contributed by atoms with Gasteiger partial charge in [0.1, 0.15) is 0 Å². The van der Waals surface area contributed by atoms with E-state index in [-0.39, 0.29) is 23.9 Å². The maximum Gasteiger partial charge on any atom is 0.310 e. The van der Waals surface area contributed by atoms with Gasteiger partial charge < -0.3 is 14.4 Å². The number of hydrogen-bond donors (Lipinski definition) is 0. The third-order valence-electron chi connectivity index (χ3n) is 4.10. The summed E-state index contributed by atoms with van der Waals surface area (Å²) in [4.78, 5) is 26.3. The fraction of sp³-hybridized carbons (Fsp3) is 0.556. The molecular formula is C18H25NO4. The molecule has 1 aliphatic rings. The van der Waals surface area contributed by atoms with Crippen LogP contribution in [0, 0.1) is 12.8 Å². The smallest absolute Gasteiger partial charge is 0.310 e. The maximum atomic E-state index is 12.8. The number of methoxy groups -OCH3 is 1. The molecule has 1 amide bonds. The summed E-state index contributed by atoms with van der Waals surface area (Å²) in [6.07, 6.45) is 2.02. The highest BCUT2D eigenvalue weighted by Gasteiger charge is 2.27. The van der Waals surface area contributed by atoms with Crippen LogP contribution in [0.4, 0.5) is 0 Å². The van der Waals surface area contributed by atoms with E-state index in [0.29, 0.717) is 18.7 Å². The Balaban J connectivity index is 2.13. The summed E-state index contributed by atoms with van der Waals surface area (Å²) in [7, 11) is 1.37. The number of hydrogen-bond acceptors (Lipinski definition) is 4. The summed E-state index contributed by atoms with van der Waals surface area (Å²) in [6, 6.07) is 7.50. The molecule has 126 valence electrons. The van der Waals surface area contributed by atoms with Crippen LogP contribution in [0.1, 0.15) is 35.7 Å². The predicted octanol–water partition coefficient (Wildman–Crippen LogP) is 2.43. The Morgan fingerprint density at radius 3 is 2.83 bits per heavy atom. The summed E-state index contributed by atoms with van der Waals surface area (Å²) in [6.45, 7) is 5.31. The van der Waals surface area contributed by atoms with Gasteiger partial charge in [-0.15, -0.1) is 0 Å². The van der Waals surface area contributed by atoms with Crippen molar-refractivity contribution in [1.82, 2.24) is 4.90 Å². The van der Waals surface area contributed by atoms with Crippen LogP contribution >= 0.6 is 0 Å². The molecule has 23 heavy (non-hydrogen) atoms. The standard InChI is InChI=1S/C18H25NO4/c1-13-6-4-7-15(10-13)17(20)19(11-14(2)18(21)22-3)12-16-8-5-9-23-16/h4,6-7,10,14,16H,5,8-9,11-12H2,1-3H3. The van der Waals surface area contributed by atoms with Crippen LogP contribution in [0.25, 0.3) is 0 Å². The summed E-state index contributed by atoms with van der Waals surface area (Å²) in [5.41, 5.74) is 1.67. The Bertz CT molecular complexity index is 552. The van der Waals surface area contributed by atoms with Crippen molar-refractivity contribution in [3.63, 3.8) is 0 Å². The number of nitrogens with zero attached hydrogens (tertiary/aromatic N) is 1. The van der Waals surface area contributed by atoms with Crippen molar-refractivity contribution in [2.24, 2.45) is 5.92 Å². The molecule has 2 rings (SSSR count). The molecular weight excluding hydrogens is 294 g/mol. The summed E-state index contributed by atoms with van der Waals surface area (Å²) in [5.74, 6) is -0.741. The van der Waals surface area contributed by atoms with E-state index < -0.39 is 0 Å². The van der Waals surface area contributed by atoms with Crippen LogP contribution in [-0.2, 0) is 14.3 Å². The van der Waals surface area contributed by atoms with Crippen molar-refractivity contribution in [1.29, 1.82) is 0 Å². The quantitative estimate of drug-likeness (QED) is 0.756. The van der Waals surface area contributed by atoms with Crippen molar-refractivity contribution < 1.29 is 19.1 Å². The van der Waals surface area contributed by atoms with Gasteiger partial charge in [-0.1, -0.05) is 24.6 Å². The lowest BCUT2D eigenvalue weighted by Crippen LogP contribution is -2.41. The van der Waals surface area contributed by atoms with Crippen LogP contribution in [-0.4, -0.2) is 49.7 Å². The molecule has 2 unspecified atom stereocenters. The molecule has 1 saturated heterocycles. The van der Waals surface area contributed by atoms with Gasteiger partial charge in [0.15, 0.2) is 0 Å². The highest BCUT2D eigenvalue weighted by atomic mass is 16.5. The molecule has 0 bridgehead atoms. The Labute approximate surface area is 137 Å². The number of ether oxygens (including phenoxy) is 2. The number of carbonyl (C=O) groups excluding carboxylic acids is 2. The van der Waals surface area contributed by atoms with Crippen molar-refractivity contribution in [3.8, 4) is 0 Å². The molecule has 1 aliphatic heterocycles. The molecule has 0 N–H and O–H groups in total. The molecule has 1 fully saturated rings. The van der Waals surface area contributed by atoms with Gasteiger partial charge in [0.25, 0.3) is 5.91 Å². The van der Waals surface area contributed by atoms with Crippen LogP contribution in [0.3, 0.4) is 0 Å². The zero-order valence-corrected chi connectivity index (χ0v) is 14.1. The van der Waals surface area contributed by atoms with E-state index in [2.05, 4.69) is 0 Å². The van der Waals surface area contributed by atoms with Crippen molar-refractivity contribution in [2.45, 2.75) is 32.8 Å². The SMILES string of the molecule is COC(=O)C(C)CN(CC1CCCO1)C(=O)c1cccc(C)c1. The van der Waals surface area contributed by atoms with E-state index >= 15 is 0 Å². The molecule has 0 saturated carbocycles. The van der Waals surface area contributed by atoms with E-state index in [1.54, 1.807) is 17.9 Å². The summed E-state index contributed by atoms with van der Waals surface area (Å²) >= 11 is 0. The highest BCUT2D eigenvalue weighted by Crippen LogP contribution is 2.17. The second-order valence-corrected chi connectivity index (χ2v) is 6.14. The number of esters is 1. The minimum absolute atomic E-state index is 0.0496. The fourth-order valence-electron chi connectivity index (χ4n) is 2.84. The van der Waals surface area contributed by atoms with Gasteiger partial charge in [-0.2, -0.15) is 0 Å². The van der Waals surface area contributed by atoms with E-state index in [1.165, 1.54) is 7.11 Å². The average Bonchev–Trinajstić information content (AvgIpc) is 3.05. The molecule has 1 aromatic rings. The lowest BCUT2D eigenvalue weighted by molar-refractivity contribution is -0.145. The maximum absolute atomic E-state index is 12.8. The first-order valence-corrected chi connectivity index (χ1v) is 8.06. The molecule has 0 aromatic heterocycles. The highest BCUT2D eigenvalue weighted by molar-refractivity contribution is 5.94. The summed E-state index contributed by atoms with van der Waals surface area (Å²) in [5, 5.41) is 0. The van der Waals surface area contributed by atoms with Crippen molar-refractivity contribution >= 4 is 11.9 Å². The average molecular weight is 319 g/mol. The fourth-order valence-corrected chi connectivity index (χ4v) is 2.84. The first-order valence-electron chi connectivity index (χ1n) is 8.06. The minimum atomic E-state index is -0.366. The molecule has 0 radical (unpaired) electrons. The first-order chi connectivity index (χ1) is 11.0. The minimum Gasteiger partial charge on any atom is -0.469 e. The normalized spacial score (nSPS) is 18.5. The van der Waals surface area contributed by atoms with Gasteiger partial charge in [0, 0.05) is 25.3 Å². The molecule has 2 atom stereocenters. The van der Waals surface area contributed by atoms with Gasteiger partial charge >= 0.3 is 5.97 Å². The van der Waals surface area contributed by atoms with Crippen molar-refractivity contribution in [3.05, 3.63) is 35.4 Å². The van der Waals surface area contributed by atoms with Gasteiger partial charge in [-0.3, -0.25) is 9.59 Å². The molecule has 5 heteroatoms. The van der Waals surface area contributed by atoms with Gasteiger partial charge in [-0.25, -0.2) is 0 Å². The zero-order valence-electron chi connectivity index (χ0n) is 14.1. The zero-order chi connectivity index (χ0) is 16.8. The topological polar surface area (TPSA) is 55.8 Å². The Morgan fingerprint density at radius 1 is 1.43 bits per heavy atom. The predicted molar refractivity (Wildman–Crippen MR) is 87.2 cm³/mol. The van der Waals surface area contributed by atoms with Gasteiger partial charge in [-0.05, 0) is 31.9 Å². The van der Waals surface area contributed by atoms with Crippen LogP contribution in [0.2, 0.25) is 0 Å². The lowest BCUT2D eigenvalue weighted by Gasteiger charge is -2.27. The van der Waals surface area contributed by atoms with E-state index in [9.17, 15) is 9.59 Å². The number of rotatable bonds is 6. The lowest BCUT2D eigenvalue weighted by atomic mass is 10.1.